The number of nitrogens with two attached hydrogens (primary N) is 1. The number of nitrogens with one attached hydrogen (secondary N) is 1. The van der Waals surface area contributed by atoms with Crippen LogP contribution in [0.2, 0.25) is 0 Å². The van der Waals surface area contributed by atoms with E-state index in [2.05, 4.69) is 17.4 Å². The summed E-state index contributed by atoms with van der Waals surface area (Å²) in [6.07, 6.45) is 1.87. The largest absolute Gasteiger partial charge is 0.369 e. The van der Waals surface area contributed by atoms with Gasteiger partial charge in [-0.1, -0.05) is 30.3 Å². The maximum absolute atomic E-state index is 11.0. The number of rotatable bonds is 2. The maximum atomic E-state index is 11.0. The van der Waals surface area contributed by atoms with Gasteiger partial charge in [0.05, 0.1) is 5.92 Å². The summed E-state index contributed by atoms with van der Waals surface area (Å²) in [6, 6.07) is 10.7. The molecule has 0 saturated carbocycles. The highest BCUT2D eigenvalue weighted by Crippen LogP contribution is 2.25. The Hall–Kier alpha value is -1.35. The van der Waals surface area contributed by atoms with Gasteiger partial charge in [0.15, 0.2) is 0 Å². The van der Waals surface area contributed by atoms with Crippen molar-refractivity contribution >= 4 is 5.91 Å². The highest BCUT2D eigenvalue weighted by molar-refractivity contribution is 5.77. The Bertz CT molecular complexity index is 329. The third kappa shape index (κ3) is 2.36. The molecular formula is C12H16N2O. The molecule has 1 aliphatic rings. The molecule has 1 fully saturated rings. The molecule has 3 nitrogen and oxygen atoms in total. The normalized spacial score (nSPS) is 26.1. The first-order chi connectivity index (χ1) is 7.27. The number of benzene rings is 1. The van der Waals surface area contributed by atoms with Gasteiger partial charge >= 0.3 is 0 Å². The van der Waals surface area contributed by atoms with E-state index >= 15 is 0 Å². The molecule has 0 spiro atoms. The monoisotopic (exact) mass is 204 g/mol. The van der Waals surface area contributed by atoms with Crippen molar-refractivity contribution in [2.24, 2.45) is 11.7 Å². The molecule has 2 unspecified atom stereocenters. The quantitative estimate of drug-likeness (QED) is 0.761. The van der Waals surface area contributed by atoms with Crippen LogP contribution in [0, 0.1) is 5.92 Å². The van der Waals surface area contributed by atoms with E-state index in [1.165, 1.54) is 5.56 Å². The van der Waals surface area contributed by atoms with Crippen LogP contribution in [0.1, 0.15) is 24.4 Å². The van der Waals surface area contributed by atoms with E-state index in [1.54, 1.807) is 0 Å². The zero-order chi connectivity index (χ0) is 10.7. The Morgan fingerprint density at radius 2 is 2.00 bits per heavy atom. The molecule has 1 amide bonds. The van der Waals surface area contributed by atoms with Crippen molar-refractivity contribution in [2.45, 2.75) is 18.9 Å². The van der Waals surface area contributed by atoms with Gasteiger partial charge in [-0.25, -0.2) is 0 Å². The summed E-state index contributed by atoms with van der Waals surface area (Å²) >= 11 is 0. The Kier molecular flexibility index (Phi) is 3.02. The second-order valence-corrected chi connectivity index (χ2v) is 4.05. The topological polar surface area (TPSA) is 55.1 Å². The summed E-state index contributed by atoms with van der Waals surface area (Å²) in [6.45, 7) is 0.703. The molecular weight excluding hydrogens is 188 g/mol. The minimum Gasteiger partial charge on any atom is -0.369 e. The van der Waals surface area contributed by atoms with E-state index in [-0.39, 0.29) is 11.8 Å². The fourth-order valence-electron chi connectivity index (χ4n) is 2.07. The fraction of sp³-hybridized carbons (Fsp3) is 0.417. The number of piperidine rings is 1. The number of carbonyl (C=O) groups is 1. The van der Waals surface area contributed by atoms with Crippen LogP contribution in [0.5, 0.6) is 0 Å². The number of primary amides is 1. The van der Waals surface area contributed by atoms with E-state index in [1.807, 2.05) is 18.2 Å². The predicted molar refractivity (Wildman–Crippen MR) is 59.1 cm³/mol. The summed E-state index contributed by atoms with van der Waals surface area (Å²) in [7, 11) is 0. The molecule has 15 heavy (non-hydrogen) atoms. The molecule has 1 aromatic rings. The SMILES string of the molecule is NC(=O)C1CCC(c2ccccc2)NC1. The third-order valence-corrected chi connectivity index (χ3v) is 3.02. The van der Waals surface area contributed by atoms with Crippen molar-refractivity contribution in [2.75, 3.05) is 6.54 Å². The van der Waals surface area contributed by atoms with Gasteiger partial charge in [0, 0.05) is 12.6 Å². The first-order valence-corrected chi connectivity index (χ1v) is 5.35. The molecule has 0 aliphatic carbocycles. The van der Waals surface area contributed by atoms with Crippen LogP contribution in [0.25, 0.3) is 0 Å². The fourth-order valence-corrected chi connectivity index (χ4v) is 2.07. The lowest BCUT2D eigenvalue weighted by molar-refractivity contribution is -0.122. The van der Waals surface area contributed by atoms with Gasteiger partial charge in [0.2, 0.25) is 5.91 Å². The zero-order valence-electron chi connectivity index (χ0n) is 8.65. The van der Waals surface area contributed by atoms with Crippen molar-refractivity contribution in [1.29, 1.82) is 0 Å². The molecule has 2 atom stereocenters. The average molecular weight is 204 g/mol. The Labute approximate surface area is 89.7 Å². The molecule has 0 aromatic heterocycles. The molecule has 2 rings (SSSR count). The van der Waals surface area contributed by atoms with E-state index in [4.69, 9.17) is 5.73 Å². The van der Waals surface area contributed by atoms with Crippen molar-refractivity contribution in [3.63, 3.8) is 0 Å². The minimum absolute atomic E-state index is 0.00459. The molecule has 80 valence electrons. The van der Waals surface area contributed by atoms with Crippen molar-refractivity contribution in [3.8, 4) is 0 Å². The summed E-state index contributed by atoms with van der Waals surface area (Å²) < 4.78 is 0. The second-order valence-electron chi connectivity index (χ2n) is 4.05. The predicted octanol–water partition coefficient (Wildman–Crippen LogP) is 1.21. The summed E-state index contributed by atoms with van der Waals surface area (Å²) in [5.74, 6) is -0.182. The third-order valence-electron chi connectivity index (χ3n) is 3.02. The zero-order valence-corrected chi connectivity index (χ0v) is 8.65. The maximum Gasteiger partial charge on any atom is 0.221 e. The smallest absolute Gasteiger partial charge is 0.221 e. The Morgan fingerprint density at radius 3 is 2.53 bits per heavy atom. The highest BCUT2D eigenvalue weighted by Gasteiger charge is 2.24. The van der Waals surface area contributed by atoms with Gasteiger partial charge in [-0.3, -0.25) is 4.79 Å². The van der Waals surface area contributed by atoms with Crippen molar-refractivity contribution in [1.82, 2.24) is 5.32 Å². The standard InChI is InChI=1S/C12H16N2O/c13-12(15)10-6-7-11(14-8-10)9-4-2-1-3-5-9/h1-5,10-11,14H,6-8H2,(H2,13,15). The number of carbonyl (C=O) groups excluding carboxylic acids is 1. The lowest BCUT2D eigenvalue weighted by atomic mass is 9.91. The molecule has 1 heterocycles. The molecule has 1 saturated heterocycles. The lowest BCUT2D eigenvalue weighted by Gasteiger charge is -2.28. The number of hydrogen-bond acceptors (Lipinski definition) is 2. The Morgan fingerprint density at radius 1 is 1.27 bits per heavy atom. The number of hydrogen-bond donors (Lipinski definition) is 2. The van der Waals surface area contributed by atoms with Gasteiger partial charge in [0.1, 0.15) is 0 Å². The summed E-state index contributed by atoms with van der Waals surface area (Å²) in [5, 5.41) is 3.37. The van der Waals surface area contributed by atoms with E-state index in [0.29, 0.717) is 12.6 Å². The van der Waals surface area contributed by atoms with Crippen LogP contribution in [-0.4, -0.2) is 12.5 Å². The highest BCUT2D eigenvalue weighted by atomic mass is 16.1. The molecule has 0 bridgehead atoms. The van der Waals surface area contributed by atoms with Gasteiger partial charge < -0.3 is 11.1 Å². The average Bonchev–Trinajstić information content (AvgIpc) is 2.30. The van der Waals surface area contributed by atoms with Crippen LogP contribution in [-0.2, 0) is 4.79 Å². The second kappa shape index (κ2) is 4.45. The molecule has 0 radical (unpaired) electrons. The van der Waals surface area contributed by atoms with E-state index < -0.39 is 0 Å². The van der Waals surface area contributed by atoms with E-state index in [9.17, 15) is 4.79 Å². The first kappa shape index (κ1) is 10.2. The van der Waals surface area contributed by atoms with E-state index in [0.717, 1.165) is 12.8 Å². The molecule has 3 heteroatoms. The van der Waals surface area contributed by atoms with Crippen LogP contribution < -0.4 is 11.1 Å². The number of amides is 1. The van der Waals surface area contributed by atoms with Crippen molar-refractivity contribution in [3.05, 3.63) is 35.9 Å². The van der Waals surface area contributed by atoms with Gasteiger partial charge in [-0.15, -0.1) is 0 Å². The minimum atomic E-state index is -0.186. The van der Waals surface area contributed by atoms with Crippen LogP contribution in [0.15, 0.2) is 30.3 Å². The lowest BCUT2D eigenvalue weighted by Crippen LogP contribution is -2.39. The molecule has 3 N–H and O–H groups in total. The van der Waals surface area contributed by atoms with Crippen LogP contribution in [0.4, 0.5) is 0 Å². The van der Waals surface area contributed by atoms with Crippen LogP contribution >= 0.6 is 0 Å². The molecule has 1 aliphatic heterocycles. The summed E-state index contributed by atoms with van der Waals surface area (Å²) in [5.41, 5.74) is 6.56. The summed E-state index contributed by atoms with van der Waals surface area (Å²) in [4.78, 5) is 11.0. The van der Waals surface area contributed by atoms with Crippen molar-refractivity contribution < 1.29 is 4.79 Å². The van der Waals surface area contributed by atoms with Gasteiger partial charge in [-0.2, -0.15) is 0 Å². The van der Waals surface area contributed by atoms with Gasteiger partial charge in [-0.05, 0) is 18.4 Å². The Balaban J connectivity index is 1.97. The van der Waals surface area contributed by atoms with Gasteiger partial charge in [0.25, 0.3) is 0 Å². The molecule has 1 aromatic carbocycles. The van der Waals surface area contributed by atoms with Crippen LogP contribution in [0.3, 0.4) is 0 Å². The first-order valence-electron chi connectivity index (χ1n) is 5.35.